The standard InChI is InChI=1S/C42H26N4OS/c1-3-10-25(11-4-1)40-44-41(26-12-5-2-6-13-26)46-42(45-40)34-20-28(30-15-9-16-32-31-14-7-8-17-37(31)48-39(30)32)23-36-38(34)33-21-29-24-43-19-18-27(29)22-35(33)47-36/h1-24,40H,(H,44,45,46). The lowest BCUT2D eigenvalue weighted by atomic mass is 9.96. The van der Waals surface area contributed by atoms with Gasteiger partial charge in [-0.15, -0.1) is 11.3 Å². The van der Waals surface area contributed by atoms with Gasteiger partial charge in [0.15, 0.2) is 5.84 Å². The zero-order chi connectivity index (χ0) is 31.6. The number of nitrogens with zero attached hydrogens (tertiary/aromatic N) is 3. The molecule has 226 valence electrons. The minimum absolute atomic E-state index is 0.318. The van der Waals surface area contributed by atoms with Crippen LogP contribution in [0.25, 0.3) is 64.0 Å². The molecule has 6 heteroatoms. The van der Waals surface area contributed by atoms with Gasteiger partial charge in [0.25, 0.3) is 0 Å². The van der Waals surface area contributed by atoms with Gasteiger partial charge in [0, 0.05) is 59.9 Å². The van der Waals surface area contributed by atoms with Gasteiger partial charge in [-0.2, -0.15) is 0 Å². The number of aliphatic imine (C=N–C) groups is 2. The summed E-state index contributed by atoms with van der Waals surface area (Å²) < 4.78 is 9.25. The van der Waals surface area contributed by atoms with Crippen LogP contribution in [0.4, 0.5) is 0 Å². The molecule has 5 nitrogen and oxygen atoms in total. The highest BCUT2D eigenvalue weighted by Gasteiger charge is 2.25. The quantitative estimate of drug-likeness (QED) is 0.210. The molecular formula is C42H26N4OS. The van der Waals surface area contributed by atoms with Crippen molar-refractivity contribution in [1.29, 1.82) is 0 Å². The maximum atomic E-state index is 6.72. The summed E-state index contributed by atoms with van der Waals surface area (Å²) in [6.07, 6.45) is 3.41. The van der Waals surface area contributed by atoms with Crippen molar-refractivity contribution in [2.75, 3.05) is 0 Å². The van der Waals surface area contributed by atoms with E-state index in [1.54, 1.807) is 0 Å². The third-order valence-corrected chi connectivity index (χ3v) is 10.4. The van der Waals surface area contributed by atoms with Gasteiger partial charge < -0.3 is 9.73 Å². The molecule has 3 aromatic heterocycles. The lowest BCUT2D eigenvalue weighted by molar-refractivity contribution is 0.668. The Bertz CT molecular complexity index is 2760. The van der Waals surface area contributed by atoms with Crippen molar-refractivity contribution in [3.8, 4) is 11.1 Å². The molecule has 1 N–H and O–H groups in total. The molecule has 4 heterocycles. The smallest absolute Gasteiger partial charge is 0.159 e. The second-order valence-corrected chi connectivity index (χ2v) is 13.1. The van der Waals surface area contributed by atoms with Crippen LogP contribution >= 0.6 is 11.3 Å². The zero-order valence-electron chi connectivity index (χ0n) is 25.6. The van der Waals surface area contributed by atoms with Crippen LogP contribution in [-0.2, 0) is 0 Å². The molecule has 0 bridgehead atoms. The maximum absolute atomic E-state index is 6.72. The van der Waals surface area contributed by atoms with Crippen LogP contribution in [0.1, 0.15) is 22.9 Å². The van der Waals surface area contributed by atoms with E-state index in [1.165, 1.54) is 25.7 Å². The Morgan fingerprint density at radius 3 is 2.33 bits per heavy atom. The fraction of sp³-hybridized carbons (Fsp3) is 0.0238. The number of hydrogen-bond donors (Lipinski definition) is 1. The van der Waals surface area contributed by atoms with E-state index in [1.807, 2.05) is 66.2 Å². The Morgan fingerprint density at radius 1 is 0.625 bits per heavy atom. The number of benzene rings is 6. The van der Waals surface area contributed by atoms with E-state index < -0.39 is 0 Å². The Kier molecular flexibility index (Phi) is 6.04. The van der Waals surface area contributed by atoms with Crippen molar-refractivity contribution < 1.29 is 4.42 Å². The molecule has 1 unspecified atom stereocenters. The Balaban J connectivity index is 1.27. The van der Waals surface area contributed by atoms with Crippen LogP contribution < -0.4 is 5.32 Å². The Morgan fingerprint density at radius 2 is 1.44 bits per heavy atom. The van der Waals surface area contributed by atoms with Crippen molar-refractivity contribution in [3.63, 3.8) is 0 Å². The summed E-state index contributed by atoms with van der Waals surface area (Å²) in [6.45, 7) is 0. The van der Waals surface area contributed by atoms with Gasteiger partial charge >= 0.3 is 0 Å². The van der Waals surface area contributed by atoms with Crippen molar-refractivity contribution in [3.05, 3.63) is 163 Å². The number of amidine groups is 2. The summed E-state index contributed by atoms with van der Waals surface area (Å²) in [5, 5.41) is 10.4. The number of rotatable bonds is 4. The number of nitrogens with one attached hydrogen (secondary N) is 1. The average molecular weight is 635 g/mol. The summed E-state index contributed by atoms with van der Waals surface area (Å²) >= 11 is 1.83. The van der Waals surface area contributed by atoms with Gasteiger partial charge in [0.2, 0.25) is 0 Å². The van der Waals surface area contributed by atoms with Crippen LogP contribution in [0.15, 0.2) is 160 Å². The molecule has 0 saturated heterocycles. The second kappa shape index (κ2) is 10.7. The predicted octanol–water partition coefficient (Wildman–Crippen LogP) is 10.7. The number of fused-ring (bicyclic) bond motifs is 7. The fourth-order valence-corrected chi connectivity index (χ4v) is 8.15. The maximum Gasteiger partial charge on any atom is 0.159 e. The van der Waals surface area contributed by atoms with Gasteiger partial charge in [-0.1, -0.05) is 97.1 Å². The molecule has 0 fully saturated rings. The average Bonchev–Trinajstić information content (AvgIpc) is 3.72. The van der Waals surface area contributed by atoms with Gasteiger partial charge in [0.1, 0.15) is 23.2 Å². The van der Waals surface area contributed by atoms with E-state index in [0.29, 0.717) is 5.84 Å². The van der Waals surface area contributed by atoms with E-state index in [0.717, 1.165) is 60.8 Å². The molecule has 6 aromatic carbocycles. The van der Waals surface area contributed by atoms with E-state index in [9.17, 15) is 0 Å². The summed E-state index contributed by atoms with van der Waals surface area (Å²) in [7, 11) is 0. The normalized spacial score (nSPS) is 14.9. The molecule has 0 spiro atoms. The lowest BCUT2D eigenvalue weighted by Crippen LogP contribution is -2.33. The molecular weight excluding hydrogens is 609 g/mol. The van der Waals surface area contributed by atoms with E-state index in [2.05, 4.69) is 101 Å². The molecule has 0 saturated carbocycles. The van der Waals surface area contributed by atoms with Gasteiger partial charge in [-0.3, -0.25) is 4.98 Å². The van der Waals surface area contributed by atoms with Crippen molar-refractivity contribution in [2.24, 2.45) is 9.98 Å². The fourth-order valence-electron chi connectivity index (χ4n) is 6.91. The van der Waals surface area contributed by atoms with E-state index in [4.69, 9.17) is 14.4 Å². The first-order chi connectivity index (χ1) is 23.8. The van der Waals surface area contributed by atoms with Gasteiger partial charge in [0.05, 0.1) is 0 Å². The number of pyridine rings is 1. The van der Waals surface area contributed by atoms with Crippen molar-refractivity contribution >= 4 is 75.9 Å². The monoisotopic (exact) mass is 634 g/mol. The molecule has 48 heavy (non-hydrogen) atoms. The molecule has 0 amide bonds. The van der Waals surface area contributed by atoms with Gasteiger partial charge in [-0.05, 0) is 58.5 Å². The highest BCUT2D eigenvalue weighted by molar-refractivity contribution is 7.26. The highest BCUT2D eigenvalue weighted by Crippen LogP contribution is 2.43. The predicted molar refractivity (Wildman–Crippen MR) is 199 cm³/mol. The Hall–Kier alpha value is -6.11. The van der Waals surface area contributed by atoms with Crippen LogP contribution in [0.3, 0.4) is 0 Å². The zero-order valence-corrected chi connectivity index (χ0v) is 26.4. The van der Waals surface area contributed by atoms with E-state index in [-0.39, 0.29) is 6.17 Å². The topological polar surface area (TPSA) is 62.8 Å². The second-order valence-electron chi connectivity index (χ2n) is 12.1. The summed E-state index contributed by atoms with van der Waals surface area (Å²) in [5.74, 6) is 1.44. The molecule has 1 aliphatic heterocycles. The van der Waals surface area contributed by atoms with Crippen LogP contribution in [0, 0.1) is 0 Å². The largest absolute Gasteiger partial charge is 0.456 e. The molecule has 1 atom stereocenters. The summed E-state index contributed by atoms with van der Waals surface area (Å²) in [5.41, 5.74) is 6.87. The van der Waals surface area contributed by atoms with Crippen molar-refractivity contribution in [2.45, 2.75) is 6.17 Å². The molecule has 1 aliphatic rings. The number of thiophene rings is 1. The number of furan rings is 1. The molecule has 9 aromatic rings. The minimum Gasteiger partial charge on any atom is -0.456 e. The molecule has 0 radical (unpaired) electrons. The first-order valence-corrected chi connectivity index (χ1v) is 16.8. The minimum atomic E-state index is -0.318. The third kappa shape index (κ3) is 4.34. The SMILES string of the molecule is c1ccc(C2=NC(c3ccccc3)NC(c3cc(-c4cccc5c4sc4ccccc45)cc4oc5cc6ccncc6cc5c34)=N2)cc1. The lowest BCUT2D eigenvalue weighted by Gasteiger charge is -2.24. The molecule has 10 rings (SSSR count). The summed E-state index contributed by atoms with van der Waals surface area (Å²) in [4.78, 5) is 14.7. The number of aromatic nitrogens is 1. The number of hydrogen-bond acceptors (Lipinski definition) is 6. The van der Waals surface area contributed by atoms with Crippen LogP contribution in [0.2, 0.25) is 0 Å². The first kappa shape index (κ1) is 27.0. The third-order valence-electron chi connectivity index (χ3n) is 9.19. The summed E-state index contributed by atoms with van der Waals surface area (Å²) in [6, 6.07) is 46.5. The van der Waals surface area contributed by atoms with Gasteiger partial charge in [-0.25, -0.2) is 9.98 Å². The molecule has 0 aliphatic carbocycles. The van der Waals surface area contributed by atoms with Crippen LogP contribution in [0.5, 0.6) is 0 Å². The van der Waals surface area contributed by atoms with E-state index >= 15 is 0 Å². The highest BCUT2D eigenvalue weighted by atomic mass is 32.1. The Labute approximate surface area is 279 Å². The van der Waals surface area contributed by atoms with Crippen LogP contribution in [-0.4, -0.2) is 16.7 Å². The first-order valence-electron chi connectivity index (χ1n) is 16.0. The van der Waals surface area contributed by atoms with Crippen molar-refractivity contribution in [1.82, 2.24) is 10.3 Å².